The van der Waals surface area contributed by atoms with E-state index in [-0.39, 0.29) is 0 Å². The molecule has 0 aromatic carbocycles. The molecule has 0 heterocycles. The highest BCUT2D eigenvalue weighted by molar-refractivity contribution is 4.79. The SMILES string of the molecule is CCCCOCCNC1CCCCC1CC. The molecule has 1 rings (SSSR count). The van der Waals surface area contributed by atoms with Gasteiger partial charge in [-0.1, -0.05) is 39.5 Å². The van der Waals surface area contributed by atoms with Gasteiger partial charge in [0.2, 0.25) is 0 Å². The number of ether oxygens (including phenoxy) is 1. The fourth-order valence-corrected chi connectivity index (χ4v) is 2.63. The minimum Gasteiger partial charge on any atom is -0.380 e. The highest BCUT2D eigenvalue weighted by atomic mass is 16.5. The van der Waals surface area contributed by atoms with Gasteiger partial charge < -0.3 is 10.1 Å². The maximum absolute atomic E-state index is 5.57. The average molecular weight is 227 g/mol. The summed E-state index contributed by atoms with van der Waals surface area (Å²) in [6.45, 7) is 7.37. The Morgan fingerprint density at radius 3 is 2.69 bits per heavy atom. The Morgan fingerprint density at radius 1 is 1.12 bits per heavy atom. The van der Waals surface area contributed by atoms with E-state index >= 15 is 0 Å². The van der Waals surface area contributed by atoms with Crippen molar-refractivity contribution in [2.45, 2.75) is 64.8 Å². The van der Waals surface area contributed by atoms with E-state index in [0.29, 0.717) is 0 Å². The Morgan fingerprint density at radius 2 is 1.94 bits per heavy atom. The number of hydrogen-bond donors (Lipinski definition) is 1. The molecule has 0 aromatic rings. The molecule has 0 amide bonds. The average Bonchev–Trinajstić information content (AvgIpc) is 2.34. The van der Waals surface area contributed by atoms with E-state index in [2.05, 4.69) is 19.2 Å². The first-order valence-corrected chi connectivity index (χ1v) is 7.19. The normalized spacial score (nSPS) is 25.9. The van der Waals surface area contributed by atoms with E-state index in [9.17, 15) is 0 Å². The molecule has 2 nitrogen and oxygen atoms in total. The Balaban J connectivity index is 2.02. The lowest BCUT2D eigenvalue weighted by Crippen LogP contribution is -2.39. The zero-order valence-electron chi connectivity index (χ0n) is 11.1. The molecule has 0 spiro atoms. The van der Waals surface area contributed by atoms with Crippen molar-refractivity contribution in [1.29, 1.82) is 0 Å². The summed E-state index contributed by atoms with van der Waals surface area (Å²) in [5.41, 5.74) is 0. The first-order valence-electron chi connectivity index (χ1n) is 7.19. The minimum atomic E-state index is 0.758. The van der Waals surface area contributed by atoms with Crippen molar-refractivity contribution < 1.29 is 4.74 Å². The van der Waals surface area contributed by atoms with Crippen molar-refractivity contribution in [1.82, 2.24) is 5.32 Å². The second kappa shape index (κ2) is 9.00. The minimum absolute atomic E-state index is 0.758. The van der Waals surface area contributed by atoms with Crippen molar-refractivity contribution in [3.05, 3.63) is 0 Å². The molecule has 1 aliphatic rings. The molecule has 1 saturated carbocycles. The zero-order valence-corrected chi connectivity index (χ0v) is 11.1. The van der Waals surface area contributed by atoms with Crippen LogP contribution in [0.4, 0.5) is 0 Å². The quantitative estimate of drug-likeness (QED) is 0.642. The highest BCUT2D eigenvalue weighted by Gasteiger charge is 2.22. The number of nitrogens with one attached hydrogen (secondary N) is 1. The predicted octanol–water partition coefficient (Wildman–Crippen LogP) is 3.36. The number of rotatable bonds is 8. The summed E-state index contributed by atoms with van der Waals surface area (Å²) in [5, 5.41) is 3.67. The summed E-state index contributed by atoms with van der Waals surface area (Å²) in [5.74, 6) is 0.907. The lowest BCUT2D eigenvalue weighted by molar-refractivity contribution is 0.125. The Kier molecular flexibility index (Phi) is 7.87. The monoisotopic (exact) mass is 227 g/mol. The van der Waals surface area contributed by atoms with Crippen molar-refractivity contribution in [2.24, 2.45) is 5.92 Å². The van der Waals surface area contributed by atoms with Gasteiger partial charge in [0.25, 0.3) is 0 Å². The second-order valence-corrected chi connectivity index (χ2v) is 4.98. The van der Waals surface area contributed by atoms with Gasteiger partial charge in [-0.05, 0) is 25.2 Å². The maximum Gasteiger partial charge on any atom is 0.0591 e. The van der Waals surface area contributed by atoms with Crippen LogP contribution in [0.15, 0.2) is 0 Å². The van der Waals surface area contributed by atoms with Crippen LogP contribution in [0.1, 0.15) is 58.8 Å². The summed E-state index contributed by atoms with van der Waals surface area (Å²) < 4.78 is 5.57. The van der Waals surface area contributed by atoms with Crippen molar-refractivity contribution in [3.63, 3.8) is 0 Å². The maximum atomic E-state index is 5.57. The fraction of sp³-hybridized carbons (Fsp3) is 1.00. The fourth-order valence-electron chi connectivity index (χ4n) is 2.63. The standard InChI is InChI=1S/C14H29NO/c1-3-5-11-16-12-10-15-14-9-7-6-8-13(14)4-2/h13-15H,3-12H2,1-2H3. The van der Waals surface area contributed by atoms with Gasteiger partial charge >= 0.3 is 0 Å². The van der Waals surface area contributed by atoms with Gasteiger partial charge in [-0.15, -0.1) is 0 Å². The Bertz CT molecular complexity index is 161. The molecule has 96 valence electrons. The molecule has 2 atom stereocenters. The Labute approximate surface area is 101 Å². The molecule has 0 bridgehead atoms. The van der Waals surface area contributed by atoms with Gasteiger partial charge in [0.1, 0.15) is 0 Å². The van der Waals surface area contributed by atoms with E-state index in [0.717, 1.165) is 31.7 Å². The molecule has 0 aliphatic heterocycles. The summed E-state index contributed by atoms with van der Waals surface area (Å²) >= 11 is 0. The van der Waals surface area contributed by atoms with Crippen LogP contribution in [0.2, 0.25) is 0 Å². The lowest BCUT2D eigenvalue weighted by Gasteiger charge is -2.31. The van der Waals surface area contributed by atoms with E-state index in [1.165, 1.54) is 44.9 Å². The smallest absolute Gasteiger partial charge is 0.0591 e. The zero-order chi connectivity index (χ0) is 11.6. The van der Waals surface area contributed by atoms with E-state index in [1.807, 2.05) is 0 Å². The van der Waals surface area contributed by atoms with Gasteiger partial charge in [0.05, 0.1) is 6.61 Å². The topological polar surface area (TPSA) is 21.3 Å². The van der Waals surface area contributed by atoms with Gasteiger partial charge in [-0.25, -0.2) is 0 Å². The van der Waals surface area contributed by atoms with E-state index in [4.69, 9.17) is 4.74 Å². The van der Waals surface area contributed by atoms with Crippen molar-refractivity contribution >= 4 is 0 Å². The largest absolute Gasteiger partial charge is 0.380 e. The highest BCUT2D eigenvalue weighted by Crippen LogP contribution is 2.26. The molecule has 2 unspecified atom stereocenters. The van der Waals surface area contributed by atoms with Gasteiger partial charge in [0, 0.05) is 19.2 Å². The van der Waals surface area contributed by atoms with E-state index < -0.39 is 0 Å². The molecule has 1 fully saturated rings. The third-order valence-electron chi connectivity index (χ3n) is 3.73. The molecule has 0 radical (unpaired) electrons. The van der Waals surface area contributed by atoms with E-state index in [1.54, 1.807) is 0 Å². The molecular formula is C14H29NO. The number of unbranched alkanes of at least 4 members (excludes halogenated alkanes) is 1. The lowest BCUT2D eigenvalue weighted by atomic mass is 9.83. The molecule has 2 heteroatoms. The molecule has 1 aliphatic carbocycles. The van der Waals surface area contributed by atoms with Crippen LogP contribution in [0.5, 0.6) is 0 Å². The van der Waals surface area contributed by atoms with Crippen LogP contribution < -0.4 is 5.32 Å². The third kappa shape index (κ3) is 5.31. The van der Waals surface area contributed by atoms with Crippen LogP contribution in [0.3, 0.4) is 0 Å². The number of hydrogen-bond acceptors (Lipinski definition) is 2. The van der Waals surface area contributed by atoms with Crippen molar-refractivity contribution in [2.75, 3.05) is 19.8 Å². The van der Waals surface area contributed by atoms with Crippen molar-refractivity contribution in [3.8, 4) is 0 Å². The Hall–Kier alpha value is -0.0800. The van der Waals surface area contributed by atoms with Crippen LogP contribution in [-0.2, 0) is 4.74 Å². The predicted molar refractivity (Wildman–Crippen MR) is 69.8 cm³/mol. The van der Waals surface area contributed by atoms with Crippen LogP contribution in [-0.4, -0.2) is 25.8 Å². The summed E-state index contributed by atoms with van der Waals surface area (Å²) in [7, 11) is 0. The molecule has 0 saturated heterocycles. The summed E-state index contributed by atoms with van der Waals surface area (Å²) in [4.78, 5) is 0. The van der Waals surface area contributed by atoms with Gasteiger partial charge in [-0.2, -0.15) is 0 Å². The molecule has 1 N–H and O–H groups in total. The van der Waals surface area contributed by atoms with Crippen LogP contribution >= 0.6 is 0 Å². The van der Waals surface area contributed by atoms with Crippen LogP contribution in [0, 0.1) is 5.92 Å². The van der Waals surface area contributed by atoms with Gasteiger partial charge in [0.15, 0.2) is 0 Å². The van der Waals surface area contributed by atoms with Gasteiger partial charge in [-0.3, -0.25) is 0 Å². The molecular weight excluding hydrogens is 198 g/mol. The summed E-state index contributed by atoms with van der Waals surface area (Å²) in [6.07, 6.45) is 9.39. The molecule has 0 aromatic heterocycles. The third-order valence-corrected chi connectivity index (χ3v) is 3.73. The first-order chi connectivity index (χ1) is 7.88. The second-order valence-electron chi connectivity index (χ2n) is 4.98. The summed E-state index contributed by atoms with van der Waals surface area (Å²) in [6, 6.07) is 0.758. The van der Waals surface area contributed by atoms with Crippen LogP contribution in [0.25, 0.3) is 0 Å². The molecule has 16 heavy (non-hydrogen) atoms. The first kappa shape index (κ1) is 14.0.